The van der Waals surface area contributed by atoms with Crippen molar-refractivity contribution in [2.24, 2.45) is 5.92 Å². The second-order valence-electron chi connectivity index (χ2n) is 5.75. The highest BCUT2D eigenvalue weighted by Crippen LogP contribution is 2.29. The molecule has 3 nitrogen and oxygen atoms in total. The Morgan fingerprint density at radius 3 is 2.57 bits per heavy atom. The standard InChI is InChI=1S/C17H25N3S/c1-4-15(14-8-6-5-7-9-14)17-20-19-16(21-17)10-11-18-12-13(2)3/h5-9,13,15,18H,4,10-12H2,1-3H3. The average molecular weight is 303 g/mol. The van der Waals surface area contributed by atoms with E-state index in [1.807, 2.05) is 0 Å². The van der Waals surface area contributed by atoms with Gasteiger partial charge in [0.25, 0.3) is 0 Å². The van der Waals surface area contributed by atoms with E-state index >= 15 is 0 Å². The summed E-state index contributed by atoms with van der Waals surface area (Å²) in [6, 6.07) is 10.6. The molecule has 0 fully saturated rings. The van der Waals surface area contributed by atoms with Crippen molar-refractivity contribution in [2.75, 3.05) is 13.1 Å². The molecule has 1 aromatic carbocycles. The SMILES string of the molecule is CCC(c1ccccc1)c1nnc(CCNCC(C)C)s1. The Morgan fingerprint density at radius 2 is 1.90 bits per heavy atom. The number of hydrogen-bond acceptors (Lipinski definition) is 4. The summed E-state index contributed by atoms with van der Waals surface area (Å²) in [7, 11) is 0. The maximum atomic E-state index is 4.42. The summed E-state index contributed by atoms with van der Waals surface area (Å²) in [5.74, 6) is 1.07. The number of rotatable bonds is 8. The van der Waals surface area contributed by atoms with Gasteiger partial charge in [-0.05, 0) is 24.4 Å². The molecule has 114 valence electrons. The monoisotopic (exact) mass is 303 g/mol. The molecule has 1 heterocycles. The van der Waals surface area contributed by atoms with Gasteiger partial charge >= 0.3 is 0 Å². The van der Waals surface area contributed by atoms with Crippen LogP contribution < -0.4 is 5.32 Å². The Hall–Kier alpha value is -1.26. The van der Waals surface area contributed by atoms with Crippen LogP contribution in [-0.4, -0.2) is 23.3 Å². The molecule has 1 atom stereocenters. The number of benzene rings is 1. The van der Waals surface area contributed by atoms with Crippen LogP contribution in [0.3, 0.4) is 0 Å². The van der Waals surface area contributed by atoms with E-state index in [1.54, 1.807) is 11.3 Å². The van der Waals surface area contributed by atoms with Gasteiger partial charge in [0.1, 0.15) is 10.0 Å². The van der Waals surface area contributed by atoms with Crippen molar-refractivity contribution >= 4 is 11.3 Å². The minimum atomic E-state index is 0.376. The summed E-state index contributed by atoms with van der Waals surface area (Å²) in [6.07, 6.45) is 2.03. The maximum Gasteiger partial charge on any atom is 0.124 e. The second-order valence-corrected chi connectivity index (χ2v) is 6.85. The summed E-state index contributed by atoms with van der Waals surface area (Å²) < 4.78 is 0. The van der Waals surface area contributed by atoms with Crippen molar-refractivity contribution in [1.29, 1.82) is 0 Å². The van der Waals surface area contributed by atoms with Gasteiger partial charge in [-0.3, -0.25) is 0 Å². The molecule has 21 heavy (non-hydrogen) atoms. The van der Waals surface area contributed by atoms with E-state index in [0.29, 0.717) is 11.8 Å². The quantitative estimate of drug-likeness (QED) is 0.752. The van der Waals surface area contributed by atoms with E-state index < -0.39 is 0 Å². The molecular weight excluding hydrogens is 278 g/mol. The van der Waals surface area contributed by atoms with E-state index in [2.05, 4.69) is 66.6 Å². The zero-order valence-electron chi connectivity index (χ0n) is 13.2. The summed E-state index contributed by atoms with van der Waals surface area (Å²) in [4.78, 5) is 0. The molecule has 0 spiro atoms. The fourth-order valence-electron chi connectivity index (χ4n) is 2.33. The van der Waals surface area contributed by atoms with E-state index in [0.717, 1.165) is 35.9 Å². The molecule has 4 heteroatoms. The summed E-state index contributed by atoms with van der Waals surface area (Å²) >= 11 is 1.76. The van der Waals surface area contributed by atoms with E-state index in [1.165, 1.54) is 5.56 Å². The van der Waals surface area contributed by atoms with E-state index in [4.69, 9.17) is 0 Å². The van der Waals surface area contributed by atoms with Crippen LogP contribution in [-0.2, 0) is 6.42 Å². The van der Waals surface area contributed by atoms with Crippen LogP contribution in [0.15, 0.2) is 30.3 Å². The Morgan fingerprint density at radius 1 is 1.14 bits per heavy atom. The van der Waals surface area contributed by atoms with Gasteiger partial charge in [-0.2, -0.15) is 0 Å². The van der Waals surface area contributed by atoms with Gasteiger partial charge in [-0.25, -0.2) is 0 Å². The van der Waals surface area contributed by atoms with Crippen molar-refractivity contribution in [3.05, 3.63) is 45.9 Å². The Labute approximate surface area is 131 Å². The van der Waals surface area contributed by atoms with Crippen LogP contribution in [0.5, 0.6) is 0 Å². The Balaban J connectivity index is 1.95. The fourth-order valence-corrected chi connectivity index (χ4v) is 3.39. The first-order chi connectivity index (χ1) is 10.2. The first-order valence-electron chi connectivity index (χ1n) is 7.78. The van der Waals surface area contributed by atoms with E-state index in [9.17, 15) is 0 Å². The third-order valence-electron chi connectivity index (χ3n) is 3.46. The first kappa shape index (κ1) is 16.1. The average Bonchev–Trinajstić information content (AvgIpc) is 2.94. The molecule has 0 radical (unpaired) electrons. The van der Waals surface area contributed by atoms with Crippen LogP contribution in [0.1, 0.15) is 48.7 Å². The van der Waals surface area contributed by atoms with E-state index in [-0.39, 0.29) is 0 Å². The predicted molar refractivity (Wildman–Crippen MR) is 89.9 cm³/mol. The topological polar surface area (TPSA) is 37.8 Å². The van der Waals surface area contributed by atoms with Crippen molar-refractivity contribution in [2.45, 2.75) is 39.5 Å². The highest BCUT2D eigenvalue weighted by atomic mass is 32.1. The fraction of sp³-hybridized carbons (Fsp3) is 0.529. The molecule has 0 aliphatic rings. The summed E-state index contributed by atoms with van der Waals surface area (Å²) in [6.45, 7) is 8.70. The lowest BCUT2D eigenvalue weighted by molar-refractivity contribution is 0.553. The van der Waals surface area contributed by atoms with Crippen LogP contribution in [0.25, 0.3) is 0 Å². The smallest absolute Gasteiger partial charge is 0.124 e. The molecule has 0 saturated heterocycles. The second kappa shape index (κ2) is 8.25. The van der Waals surface area contributed by atoms with Gasteiger partial charge in [-0.1, -0.05) is 51.1 Å². The summed E-state index contributed by atoms with van der Waals surface area (Å²) in [5, 5.41) is 14.5. The predicted octanol–water partition coefficient (Wildman–Crippen LogP) is 3.87. The van der Waals surface area contributed by atoms with Gasteiger partial charge in [-0.15, -0.1) is 21.5 Å². The number of nitrogens with one attached hydrogen (secondary N) is 1. The lowest BCUT2D eigenvalue weighted by Gasteiger charge is -2.11. The number of hydrogen-bond donors (Lipinski definition) is 1. The molecule has 0 amide bonds. The van der Waals surface area contributed by atoms with Crippen molar-refractivity contribution in [3.63, 3.8) is 0 Å². The zero-order chi connectivity index (χ0) is 15.1. The lowest BCUT2D eigenvalue weighted by atomic mass is 9.97. The molecule has 1 aromatic heterocycles. The minimum absolute atomic E-state index is 0.376. The normalized spacial score (nSPS) is 12.8. The molecular formula is C17H25N3S. The molecule has 2 aromatic rings. The van der Waals surface area contributed by atoms with Crippen LogP contribution >= 0.6 is 11.3 Å². The Bertz CT molecular complexity index is 522. The van der Waals surface area contributed by atoms with Crippen molar-refractivity contribution in [1.82, 2.24) is 15.5 Å². The number of aromatic nitrogens is 2. The minimum Gasteiger partial charge on any atom is -0.316 e. The lowest BCUT2D eigenvalue weighted by Crippen LogP contribution is -2.22. The molecule has 0 saturated carbocycles. The zero-order valence-corrected chi connectivity index (χ0v) is 14.0. The molecule has 0 aliphatic carbocycles. The van der Waals surface area contributed by atoms with Crippen LogP contribution in [0, 0.1) is 5.92 Å². The molecule has 0 bridgehead atoms. The highest BCUT2D eigenvalue weighted by Gasteiger charge is 2.16. The van der Waals surface area contributed by atoms with Gasteiger partial charge in [0.05, 0.1) is 0 Å². The van der Waals surface area contributed by atoms with Gasteiger partial charge < -0.3 is 5.32 Å². The largest absolute Gasteiger partial charge is 0.316 e. The third-order valence-corrected chi connectivity index (χ3v) is 4.56. The van der Waals surface area contributed by atoms with Gasteiger partial charge in [0.2, 0.25) is 0 Å². The molecule has 2 rings (SSSR count). The van der Waals surface area contributed by atoms with Crippen molar-refractivity contribution < 1.29 is 0 Å². The van der Waals surface area contributed by atoms with Crippen molar-refractivity contribution in [3.8, 4) is 0 Å². The maximum absolute atomic E-state index is 4.42. The number of nitrogens with zero attached hydrogens (tertiary/aromatic N) is 2. The molecule has 1 N–H and O–H groups in total. The van der Waals surface area contributed by atoms with Gasteiger partial charge in [0.15, 0.2) is 0 Å². The summed E-state index contributed by atoms with van der Waals surface area (Å²) in [5.41, 5.74) is 1.33. The molecule has 0 aliphatic heterocycles. The molecule has 1 unspecified atom stereocenters. The third kappa shape index (κ3) is 4.90. The Kier molecular flexibility index (Phi) is 6.33. The van der Waals surface area contributed by atoms with Crippen LogP contribution in [0.2, 0.25) is 0 Å². The van der Waals surface area contributed by atoms with Gasteiger partial charge in [0, 0.05) is 18.9 Å². The van der Waals surface area contributed by atoms with Crippen LogP contribution in [0.4, 0.5) is 0 Å². The first-order valence-corrected chi connectivity index (χ1v) is 8.60. The highest BCUT2D eigenvalue weighted by molar-refractivity contribution is 7.11.